The number of piperidine rings is 1. The van der Waals surface area contributed by atoms with E-state index in [2.05, 4.69) is 51.2 Å². The Labute approximate surface area is 151 Å². The van der Waals surface area contributed by atoms with Gasteiger partial charge in [0.15, 0.2) is 0 Å². The molecule has 1 atom stereocenters. The van der Waals surface area contributed by atoms with Crippen LogP contribution in [0.2, 0.25) is 0 Å². The van der Waals surface area contributed by atoms with E-state index in [9.17, 15) is 9.59 Å². The molecule has 3 N–H and O–H groups in total. The van der Waals surface area contributed by atoms with Gasteiger partial charge in [0.25, 0.3) is 0 Å². The summed E-state index contributed by atoms with van der Waals surface area (Å²) in [6.45, 7) is 10.3. The van der Waals surface area contributed by atoms with Crippen LogP contribution in [-0.2, 0) is 9.59 Å². The number of nitrogens with zero attached hydrogens (tertiary/aromatic N) is 1. The first-order valence-electron chi connectivity index (χ1n) is 9.24. The van der Waals surface area contributed by atoms with E-state index in [0.717, 1.165) is 36.2 Å². The zero-order valence-corrected chi connectivity index (χ0v) is 15.8. The fraction of sp³-hybridized carbons (Fsp3) is 0.600. The zero-order chi connectivity index (χ0) is 18.6. The summed E-state index contributed by atoms with van der Waals surface area (Å²) in [5.41, 5.74) is 8.69. The van der Waals surface area contributed by atoms with Crippen molar-refractivity contribution in [3.05, 3.63) is 29.3 Å². The number of carbonyl (C=O) groups is 2. The Kier molecular flexibility index (Phi) is 6.59. The SMILES string of the molecule is CC(C)c1cccc(C(C)C)c1NC(=O)CN1CCC[C@H](C(N)=O)C1. The number of hydrogen-bond acceptors (Lipinski definition) is 3. The van der Waals surface area contributed by atoms with Gasteiger partial charge in [0.2, 0.25) is 11.8 Å². The van der Waals surface area contributed by atoms with E-state index in [1.165, 1.54) is 0 Å². The van der Waals surface area contributed by atoms with Crippen LogP contribution in [0.3, 0.4) is 0 Å². The summed E-state index contributed by atoms with van der Waals surface area (Å²) in [6.07, 6.45) is 1.72. The molecule has 0 aliphatic carbocycles. The molecule has 1 aromatic carbocycles. The Balaban J connectivity index is 2.11. The van der Waals surface area contributed by atoms with Crippen molar-refractivity contribution in [3.63, 3.8) is 0 Å². The summed E-state index contributed by atoms with van der Waals surface area (Å²) in [4.78, 5) is 26.1. The number of rotatable bonds is 6. The van der Waals surface area contributed by atoms with Gasteiger partial charge >= 0.3 is 0 Å². The van der Waals surface area contributed by atoms with Crippen LogP contribution in [0.5, 0.6) is 0 Å². The maximum Gasteiger partial charge on any atom is 0.238 e. The molecule has 1 heterocycles. The van der Waals surface area contributed by atoms with Gasteiger partial charge in [0.05, 0.1) is 12.5 Å². The summed E-state index contributed by atoms with van der Waals surface area (Å²) in [6, 6.07) is 6.22. The predicted octanol–water partition coefficient (Wildman–Crippen LogP) is 3.07. The Bertz CT molecular complexity index is 599. The number of amides is 2. The molecule has 1 aliphatic rings. The third-order valence-corrected chi connectivity index (χ3v) is 4.91. The standard InChI is InChI=1S/C20H31N3O2/c1-13(2)16-8-5-9-17(14(3)4)19(16)22-18(24)12-23-10-6-7-15(11-23)20(21)25/h5,8-9,13-15H,6-7,10-12H2,1-4H3,(H2,21,25)(H,22,24)/t15-/m0/s1. The molecule has 1 saturated heterocycles. The quantitative estimate of drug-likeness (QED) is 0.832. The van der Waals surface area contributed by atoms with E-state index in [4.69, 9.17) is 5.73 Å². The first-order chi connectivity index (χ1) is 11.8. The second-order valence-corrected chi connectivity index (χ2v) is 7.65. The van der Waals surface area contributed by atoms with Gasteiger partial charge in [-0.2, -0.15) is 0 Å². The minimum atomic E-state index is -0.266. The number of primary amides is 1. The molecule has 0 saturated carbocycles. The summed E-state index contributed by atoms with van der Waals surface area (Å²) in [7, 11) is 0. The lowest BCUT2D eigenvalue weighted by Crippen LogP contribution is -2.44. The lowest BCUT2D eigenvalue weighted by atomic mass is 9.92. The van der Waals surface area contributed by atoms with Crippen molar-refractivity contribution in [2.75, 3.05) is 25.0 Å². The molecule has 0 aromatic heterocycles. The van der Waals surface area contributed by atoms with Crippen LogP contribution < -0.4 is 11.1 Å². The molecule has 2 rings (SSSR count). The van der Waals surface area contributed by atoms with Crippen molar-refractivity contribution in [3.8, 4) is 0 Å². The van der Waals surface area contributed by atoms with Crippen LogP contribution in [0.4, 0.5) is 5.69 Å². The van der Waals surface area contributed by atoms with Crippen LogP contribution in [-0.4, -0.2) is 36.3 Å². The molecule has 0 unspecified atom stereocenters. The summed E-state index contributed by atoms with van der Waals surface area (Å²) < 4.78 is 0. The molecule has 1 aliphatic heterocycles. The van der Waals surface area contributed by atoms with Crippen molar-refractivity contribution < 1.29 is 9.59 Å². The molecule has 0 spiro atoms. The summed E-state index contributed by atoms with van der Waals surface area (Å²) >= 11 is 0. The highest BCUT2D eigenvalue weighted by molar-refractivity contribution is 5.94. The topological polar surface area (TPSA) is 75.4 Å². The average molecular weight is 345 g/mol. The second-order valence-electron chi connectivity index (χ2n) is 7.65. The average Bonchev–Trinajstić information content (AvgIpc) is 2.54. The van der Waals surface area contributed by atoms with E-state index in [1.54, 1.807) is 0 Å². The first kappa shape index (κ1) is 19.4. The number of carbonyl (C=O) groups excluding carboxylic acids is 2. The Morgan fingerprint density at radius 3 is 2.32 bits per heavy atom. The third-order valence-electron chi connectivity index (χ3n) is 4.91. The highest BCUT2D eigenvalue weighted by atomic mass is 16.2. The van der Waals surface area contributed by atoms with Gasteiger partial charge in [-0.3, -0.25) is 14.5 Å². The molecule has 5 nitrogen and oxygen atoms in total. The molecule has 1 fully saturated rings. The first-order valence-corrected chi connectivity index (χ1v) is 9.24. The largest absolute Gasteiger partial charge is 0.369 e. The van der Waals surface area contributed by atoms with E-state index in [-0.39, 0.29) is 17.7 Å². The van der Waals surface area contributed by atoms with Crippen LogP contribution in [0, 0.1) is 5.92 Å². The van der Waals surface area contributed by atoms with Gasteiger partial charge in [0, 0.05) is 12.2 Å². The highest BCUT2D eigenvalue weighted by Crippen LogP contribution is 2.32. The zero-order valence-electron chi connectivity index (χ0n) is 15.8. The second kappa shape index (κ2) is 8.48. The van der Waals surface area contributed by atoms with Crippen molar-refractivity contribution in [2.24, 2.45) is 11.7 Å². The Morgan fingerprint density at radius 1 is 1.20 bits per heavy atom. The Hall–Kier alpha value is -1.88. The van der Waals surface area contributed by atoms with E-state index in [1.807, 2.05) is 4.90 Å². The molecular formula is C20H31N3O2. The fourth-order valence-corrected chi connectivity index (χ4v) is 3.51. The molecule has 1 aromatic rings. The van der Waals surface area contributed by atoms with Crippen molar-refractivity contribution in [1.29, 1.82) is 0 Å². The molecule has 5 heteroatoms. The van der Waals surface area contributed by atoms with Crippen molar-refractivity contribution in [2.45, 2.75) is 52.4 Å². The number of nitrogens with one attached hydrogen (secondary N) is 1. The number of nitrogens with two attached hydrogens (primary N) is 1. The molecule has 0 radical (unpaired) electrons. The predicted molar refractivity (Wildman–Crippen MR) is 102 cm³/mol. The number of anilines is 1. The van der Waals surface area contributed by atoms with E-state index < -0.39 is 0 Å². The number of benzene rings is 1. The van der Waals surface area contributed by atoms with Crippen LogP contribution in [0.1, 0.15) is 63.5 Å². The summed E-state index contributed by atoms with van der Waals surface area (Å²) in [5.74, 6) is 0.236. The monoisotopic (exact) mass is 345 g/mol. The lowest BCUT2D eigenvalue weighted by molar-refractivity contribution is -0.125. The van der Waals surface area contributed by atoms with Gasteiger partial charge in [-0.1, -0.05) is 45.9 Å². The molecule has 0 bridgehead atoms. The summed E-state index contributed by atoms with van der Waals surface area (Å²) in [5, 5.41) is 3.14. The van der Waals surface area contributed by atoms with Crippen LogP contribution in [0.25, 0.3) is 0 Å². The van der Waals surface area contributed by atoms with Crippen molar-refractivity contribution in [1.82, 2.24) is 4.90 Å². The van der Waals surface area contributed by atoms with Gasteiger partial charge in [-0.15, -0.1) is 0 Å². The molecule has 2 amide bonds. The lowest BCUT2D eigenvalue weighted by Gasteiger charge is -2.30. The number of likely N-dealkylation sites (tertiary alicyclic amines) is 1. The van der Waals surface area contributed by atoms with Crippen LogP contribution >= 0.6 is 0 Å². The van der Waals surface area contributed by atoms with Crippen molar-refractivity contribution >= 4 is 17.5 Å². The molecule has 138 valence electrons. The molecular weight excluding hydrogens is 314 g/mol. The Morgan fingerprint density at radius 2 is 1.80 bits per heavy atom. The maximum atomic E-state index is 12.6. The molecule has 25 heavy (non-hydrogen) atoms. The van der Waals surface area contributed by atoms with E-state index >= 15 is 0 Å². The third kappa shape index (κ3) is 5.05. The van der Waals surface area contributed by atoms with Gasteiger partial charge < -0.3 is 11.1 Å². The highest BCUT2D eigenvalue weighted by Gasteiger charge is 2.25. The van der Waals surface area contributed by atoms with Gasteiger partial charge in [-0.25, -0.2) is 0 Å². The van der Waals surface area contributed by atoms with Gasteiger partial charge in [-0.05, 0) is 42.3 Å². The number of para-hydroxylation sites is 1. The van der Waals surface area contributed by atoms with E-state index in [0.29, 0.717) is 24.9 Å². The van der Waals surface area contributed by atoms with Gasteiger partial charge in [0.1, 0.15) is 0 Å². The smallest absolute Gasteiger partial charge is 0.238 e. The fourth-order valence-electron chi connectivity index (χ4n) is 3.51. The van der Waals surface area contributed by atoms with Crippen LogP contribution in [0.15, 0.2) is 18.2 Å². The minimum absolute atomic E-state index is 0.0277. The minimum Gasteiger partial charge on any atom is -0.369 e. The normalized spacial score (nSPS) is 18.6. The maximum absolute atomic E-state index is 12.6. The number of hydrogen-bond donors (Lipinski definition) is 2.